The van der Waals surface area contributed by atoms with Crippen molar-refractivity contribution in [3.05, 3.63) is 167 Å². The van der Waals surface area contributed by atoms with Crippen LogP contribution in [0.3, 0.4) is 0 Å². The zero-order chi connectivity index (χ0) is 70.4. The number of hydrogen-bond acceptors (Lipinski definition) is 17. The van der Waals surface area contributed by atoms with E-state index < -0.39 is 77.3 Å². The number of tetrazole rings is 2. The average Bonchev–Trinajstić information content (AvgIpc) is 0.988. The molecule has 2 fully saturated rings. The fraction of sp³-hybridized carbons (Fsp3) is 0.409. The fourth-order valence-electron chi connectivity index (χ4n) is 11.0. The number of ether oxygens (including phenoxy) is 2. The molecule has 0 bridgehead atoms. The normalized spacial score (nSPS) is 17.0. The van der Waals surface area contributed by atoms with Crippen LogP contribution in [0.2, 0.25) is 10.0 Å². The van der Waals surface area contributed by atoms with Crippen LogP contribution in [0, 0.1) is 0 Å². The second-order valence-corrected chi connectivity index (χ2v) is 26.0. The fourth-order valence-corrected chi connectivity index (χ4v) is 11.4. The first kappa shape index (κ1) is 72.9. The van der Waals surface area contributed by atoms with Crippen LogP contribution in [0.5, 0.6) is 0 Å². The van der Waals surface area contributed by atoms with Crippen LogP contribution in [0.4, 0.5) is 22.8 Å². The summed E-state index contributed by atoms with van der Waals surface area (Å²) in [4.78, 5) is 90.2. The van der Waals surface area contributed by atoms with E-state index in [0.29, 0.717) is 72.2 Å². The van der Waals surface area contributed by atoms with Crippen LogP contribution >= 0.6 is 23.2 Å². The largest absolute Gasteiger partial charge is 0.480 e. The standard InChI is InChI=1S/C32H37ClN8O4.C20H25N3O4.C14H13ClF3N5O2/c1-21(29(42)12-9-24-17-25(33)10-11-27(24)41-20-34-37-38-41)36-30(43)28-19-23(13-16-39(28)31(44)45-32(2,3)4)22-7-5-8-26(18-22)40-15-6-14-35-40;1-20(2,3)27-19(26)22-11-8-15(13-17(22)18(24)25)14-6-4-7-16(12-14)23-10-5-9-21-23;1-8(20-13(25)14(16,17)18)12(24)5-2-9-6-10(15)3-4-11(9)23-7-19-21-22-23/h5-8,10-11,14-15,17-18,20-21,23,28H,9,12-13,16,19H2,1-4H3,(H,36,43);4-7,9-10,12,15,17H,8,11,13H2,1-3H3,(H,24,25);3-4,6-8H,2,5H2,1H3,(H,20,25)/t21-,23-,28+;15-,17+;8-/m000/s1. The van der Waals surface area contributed by atoms with E-state index in [1.54, 1.807) is 112 Å². The summed E-state index contributed by atoms with van der Waals surface area (Å²) in [6.07, 6.45) is 6.56. The molecule has 514 valence electrons. The molecule has 4 aromatic heterocycles. The number of carboxylic acids is 1. The van der Waals surface area contributed by atoms with Crippen LogP contribution in [0.15, 0.2) is 135 Å². The van der Waals surface area contributed by atoms with E-state index in [-0.39, 0.29) is 36.9 Å². The third-order valence-corrected chi connectivity index (χ3v) is 16.2. The maximum absolute atomic E-state index is 13.8. The summed E-state index contributed by atoms with van der Waals surface area (Å²) in [6.45, 7) is 14.2. The summed E-state index contributed by atoms with van der Waals surface area (Å²) < 4.78 is 54.1. The first-order valence-corrected chi connectivity index (χ1v) is 31.9. The molecule has 0 radical (unpaired) electrons. The average molecular weight is 1380 g/mol. The summed E-state index contributed by atoms with van der Waals surface area (Å²) in [6, 6.07) is 26.1. The minimum atomic E-state index is -5.03. The number of nitrogens with zero attached hydrogens (tertiary/aromatic N) is 14. The van der Waals surface area contributed by atoms with Gasteiger partial charge >= 0.3 is 30.2 Å². The van der Waals surface area contributed by atoms with Crippen molar-refractivity contribution in [3.8, 4) is 22.7 Å². The van der Waals surface area contributed by atoms with Crippen LogP contribution in [0.25, 0.3) is 22.7 Å². The van der Waals surface area contributed by atoms with Gasteiger partial charge in [-0.1, -0.05) is 47.5 Å². The van der Waals surface area contributed by atoms with Crippen molar-refractivity contribution in [3.63, 3.8) is 0 Å². The number of amides is 4. The van der Waals surface area contributed by atoms with Gasteiger partial charge in [-0.05, 0) is 222 Å². The Hall–Kier alpha value is -9.90. The molecular formula is C66H75Cl2F3N16O10. The SMILES string of the molecule is CC(C)(C)OC(=O)N1CC[C@H](c2cccc(-n3cccn3)c2)C[C@@H]1C(=O)O.C[C@H](NC(=O)C(F)(F)F)C(=O)CCc1cc(Cl)ccc1-n1cnnn1.C[C@H](NC(=O)[C@H]1C[C@@H](c2cccc(-n3cccn3)c2)CCN1C(=O)OC(C)(C)C)C(=O)CCc1cc(Cl)ccc1-n1cnnn1. The number of rotatable bonds is 18. The molecule has 97 heavy (non-hydrogen) atoms. The number of benzene rings is 4. The second-order valence-electron chi connectivity index (χ2n) is 25.2. The molecule has 0 unspecified atom stereocenters. The summed E-state index contributed by atoms with van der Waals surface area (Å²) in [5, 5.41) is 45.8. The number of alkyl halides is 3. The highest BCUT2D eigenvalue weighted by Gasteiger charge is 2.42. The lowest BCUT2D eigenvalue weighted by molar-refractivity contribution is -0.174. The molecule has 31 heteroatoms. The summed E-state index contributed by atoms with van der Waals surface area (Å²) in [5.74, 6) is -4.19. The topological polar surface area (TPSA) is 312 Å². The van der Waals surface area contributed by atoms with E-state index in [1.807, 2.05) is 67.0 Å². The monoisotopic (exact) mass is 1380 g/mol. The lowest BCUT2D eigenvalue weighted by Crippen LogP contribution is -2.56. The minimum absolute atomic E-state index is 0.00785. The molecule has 2 aliphatic heterocycles. The van der Waals surface area contributed by atoms with Gasteiger partial charge in [0.1, 0.15) is 35.9 Å². The number of hydrogen-bond donors (Lipinski definition) is 3. The lowest BCUT2D eigenvalue weighted by atomic mass is 9.84. The van der Waals surface area contributed by atoms with E-state index in [1.165, 1.54) is 38.7 Å². The maximum atomic E-state index is 13.8. The van der Waals surface area contributed by atoms with E-state index in [2.05, 4.69) is 52.6 Å². The van der Waals surface area contributed by atoms with Crippen molar-refractivity contribution in [1.82, 2.24) is 80.4 Å². The predicted molar refractivity (Wildman–Crippen MR) is 348 cm³/mol. The van der Waals surface area contributed by atoms with Crippen molar-refractivity contribution in [2.45, 2.75) is 160 Å². The molecule has 2 saturated heterocycles. The van der Waals surface area contributed by atoms with Gasteiger partial charge in [-0.25, -0.2) is 33.1 Å². The summed E-state index contributed by atoms with van der Waals surface area (Å²) in [7, 11) is 0. The first-order chi connectivity index (χ1) is 45.9. The molecule has 6 atom stereocenters. The Morgan fingerprint density at radius 3 is 1.41 bits per heavy atom. The Bertz CT molecular complexity index is 4000. The molecule has 4 amide bonds. The number of aromatic nitrogens is 12. The van der Waals surface area contributed by atoms with Gasteiger partial charge in [-0.15, -0.1) is 10.2 Å². The zero-order valence-electron chi connectivity index (χ0n) is 54.5. The van der Waals surface area contributed by atoms with Crippen LogP contribution in [-0.2, 0) is 46.3 Å². The molecule has 0 saturated carbocycles. The Kier molecular flexibility index (Phi) is 24.2. The number of nitrogens with one attached hydrogen (secondary N) is 2. The number of likely N-dealkylation sites (tertiary alicyclic amines) is 2. The summed E-state index contributed by atoms with van der Waals surface area (Å²) in [5.41, 5.74) is 5.31. The first-order valence-electron chi connectivity index (χ1n) is 31.1. The zero-order valence-corrected chi connectivity index (χ0v) is 56.0. The van der Waals surface area contributed by atoms with Gasteiger partial charge in [0.05, 0.1) is 34.8 Å². The van der Waals surface area contributed by atoms with Gasteiger partial charge in [-0.3, -0.25) is 29.0 Å². The smallest absolute Gasteiger partial charge is 0.471 e. The number of ketones is 2. The third kappa shape index (κ3) is 20.6. The van der Waals surface area contributed by atoms with Gasteiger partial charge in [0.25, 0.3) is 0 Å². The Morgan fingerprint density at radius 2 is 1.02 bits per heavy atom. The van der Waals surface area contributed by atoms with Gasteiger partial charge < -0.3 is 25.2 Å². The van der Waals surface area contributed by atoms with Crippen molar-refractivity contribution in [2.75, 3.05) is 13.1 Å². The van der Waals surface area contributed by atoms with Crippen molar-refractivity contribution in [1.29, 1.82) is 0 Å². The lowest BCUT2D eigenvalue weighted by Gasteiger charge is -2.39. The molecule has 0 spiro atoms. The Balaban J connectivity index is 0.000000198. The number of halogens is 5. The number of Topliss-reactive ketones (excluding diaryl/α,β-unsaturated/α-hetero) is 2. The van der Waals surface area contributed by atoms with Gasteiger partial charge in [0, 0.05) is 60.8 Å². The van der Waals surface area contributed by atoms with E-state index in [0.717, 1.165) is 28.1 Å². The number of carbonyl (C=O) groups excluding carboxylic acids is 6. The van der Waals surface area contributed by atoms with Gasteiger partial charge in [-0.2, -0.15) is 23.4 Å². The number of aryl methyl sites for hydroxylation is 2. The van der Waals surface area contributed by atoms with Crippen LogP contribution < -0.4 is 10.6 Å². The molecule has 0 aliphatic carbocycles. The highest BCUT2D eigenvalue weighted by atomic mass is 35.5. The highest BCUT2D eigenvalue weighted by molar-refractivity contribution is 6.31. The molecule has 3 N–H and O–H groups in total. The van der Waals surface area contributed by atoms with Crippen molar-refractivity contribution < 1.29 is 61.3 Å². The highest BCUT2D eigenvalue weighted by Crippen LogP contribution is 2.36. The van der Waals surface area contributed by atoms with E-state index >= 15 is 0 Å². The molecular weight excluding hydrogens is 1300 g/mol. The molecule has 2 aliphatic rings. The van der Waals surface area contributed by atoms with Crippen LogP contribution in [0.1, 0.15) is 128 Å². The molecule has 10 rings (SSSR count). The van der Waals surface area contributed by atoms with Crippen molar-refractivity contribution >= 4 is 64.7 Å². The number of piperidine rings is 2. The molecule has 6 heterocycles. The quantitative estimate of drug-likeness (QED) is 0.0719. The minimum Gasteiger partial charge on any atom is -0.480 e. The number of carbonyl (C=O) groups is 7. The van der Waals surface area contributed by atoms with E-state index in [9.17, 15) is 51.8 Å². The summed E-state index contributed by atoms with van der Waals surface area (Å²) >= 11 is 12.2. The maximum Gasteiger partial charge on any atom is 0.471 e. The van der Waals surface area contributed by atoms with Gasteiger partial charge in [0.15, 0.2) is 11.6 Å². The second kappa shape index (κ2) is 32.2. The van der Waals surface area contributed by atoms with E-state index in [4.69, 9.17) is 32.7 Å². The number of carboxylic acid groups (broad SMARTS) is 1. The molecule has 8 aromatic rings. The van der Waals surface area contributed by atoms with Crippen LogP contribution in [-0.4, -0.2) is 171 Å². The Morgan fingerprint density at radius 1 is 0.588 bits per heavy atom. The molecule has 26 nitrogen and oxygen atoms in total. The predicted octanol–water partition coefficient (Wildman–Crippen LogP) is 10.0. The Labute approximate surface area is 566 Å². The molecule has 4 aromatic carbocycles. The van der Waals surface area contributed by atoms with Crippen molar-refractivity contribution in [2.24, 2.45) is 0 Å². The van der Waals surface area contributed by atoms with Gasteiger partial charge in [0.2, 0.25) is 5.91 Å². The third-order valence-electron chi connectivity index (χ3n) is 15.8. The number of aliphatic carboxylic acids is 1.